The largest absolute Gasteiger partial charge is 0.497 e. The quantitative estimate of drug-likeness (QED) is 0.363. The van der Waals surface area contributed by atoms with Gasteiger partial charge in [-0.15, -0.1) is 10.2 Å². The minimum Gasteiger partial charge on any atom is -0.497 e. The van der Waals surface area contributed by atoms with Crippen molar-refractivity contribution in [3.63, 3.8) is 0 Å². The molecular weight excluding hydrogens is 436 g/mol. The normalized spacial score (nSPS) is 11.8. The minimum atomic E-state index is -0.354. The summed E-state index contributed by atoms with van der Waals surface area (Å²) in [5.41, 5.74) is 3.13. The molecule has 0 bridgehead atoms. The van der Waals surface area contributed by atoms with Crippen LogP contribution in [-0.4, -0.2) is 33.0 Å². The average molecular weight is 463 g/mol. The molecule has 0 saturated carbocycles. The van der Waals surface area contributed by atoms with E-state index in [1.807, 2.05) is 79.1 Å². The summed E-state index contributed by atoms with van der Waals surface area (Å²) in [6.45, 7) is 4.84. The summed E-state index contributed by atoms with van der Waals surface area (Å²) in [5, 5.41) is 12.1. The second-order valence-electron chi connectivity index (χ2n) is 7.67. The van der Waals surface area contributed by atoms with Gasteiger partial charge in [0.2, 0.25) is 5.91 Å². The molecule has 2 aromatic carbocycles. The van der Waals surface area contributed by atoms with E-state index in [1.165, 1.54) is 17.3 Å². The highest BCUT2D eigenvalue weighted by atomic mass is 32.2. The number of amides is 1. The van der Waals surface area contributed by atoms with E-state index >= 15 is 0 Å². The zero-order valence-electron chi connectivity index (χ0n) is 18.8. The van der Waals surface area contributed by atoms with Crippen molar-refractivity contribution in [1.82, 2.24) is 20.1 Å². The molecule has 0 radical (unpaired) electrons. The summed E-state index contributed by atoms with van der Waals surface area (Å²) in [5.74, 6) is 2.13. The van der Waals surface area contributed by atoms with E-state index in [4.69, 9.17) is 9.15 Å². The summed E-state index contributed by atoms with van der Waals surface area (Å²) >= 11 is 1.37. The van der Waals surface area contributed by atoms with Crippen LogP contribution in [0.3, 0.4) is 0 Å². The molecule has 0 aliphatic carbocycles. The maximum atomic E-state index is 12.8. The lowest BCUT2D eigenvalue weighted by Crippen LogP contribution is -2.30. The average Bonchev–Trinajstić information content (AvgIpc) is 3.49. The Morgan fingerprint density at radius 3 is 2.70 bits per heavy atom. The standard InChI is InChI=1S/C25H26N4O3S/c1-17-9-11-19(12-10-17)15-26-24(30)18(2)33-25-28-27-23(20-6-4-7-21(14-20)31-3)29(25)16-22-8-5-13-32-22/h4-14,18H,15-16H2,1-3H3,(H,26,30). The lowest BCUT2D eigenvalue weighted by molar-refractivity contribution is -0.120. The van der Waals surface area contributed by atoms with E-state index in [-0.39, 0.29) is 11.2 Å². The number of methoxy groups -OCH3 is 1. The summed E-state index contributed by atoms with van der Waals surface area (Å²) in [6, 6.07) is 19.5. The molecule has 0 aliphatic heterocycles. The number of hydrogen-bond acceptors (Lipinski definition) is 6. The second-order valence-corrected chi connectivity index (χ2v) is 8.98. The highest BCUT2D eigenvalue weighted by molar-refractivity contribution is 8.00. The fraction of sp³-hybridized carbons (Fsp3) is 0.240. The molecule has 8 heteroatoms. The fourth-order valence-electron chi connectivity index (χ4n) is 3.30. The Kier molecular flexibility index (Phi) is 7.14. The highest BCUT2D eigenvalue weighted by Crippen LogP contribution is 2.29. The minimum absolute atomic E-state index is 0.0592. The Bertz CT molecular complexity index is 1200. The van der Waals surface area contributed by atoms with Crippen LogP contribution in [0.25, 0.3) is 11.4 Å². The van der Waals surface area contributed by atoms with Gasteiger partial charge in [-0.3, -0.25) is 9.36 Å². The van der Waals surface area contributed by atoms with E-state index in [0.717, 1.165) is 22.6 Å². The van der Waals surface area contributed by atoms with Gasteiger partial charge >= 0.3 is 0 Å². The van der Waals surface area contributed by atoms with Crippen LogP contribution in [0.4, 0.5) is 0 Å². The Balaban J connectivity index is 1.52. The first kappa shape index (κ1) is 22.7. The van der Waals surface area contributed by atoms with Crippen molar-refractivity contribution in [2.24, 2.45) is 0 Å². The number of aryl methyl sites for hydroxylation is 1. The van der Waals surface area contributed by atoms with E-state index < -0.39 is 0 Å². The molecule has 0 fully saturated rings. The monoisotopic (exact) mass is 462 g/mol. The van der Waals surface area contributed by atoms with Crippen molar-refractivity contribution >= 4 is 17.7 Å². The van der Waals surface area contributed by atoms with Crippen LogP contribution in [-0.2, 0) is 17.9 Å². The molecule has 7 nitrogen and oxygen atoms in total. The van der Waals surface area contributed by atoms with Crippen molar-refractivity contribution in [3.05, 3.63) is 83.8 Å². The van der Waals surface area contributed by atoms with Crippen molar-refractivity contribution < 1.29 is 13.9 Å². The van der Waals surface area contributed by atoms with Crippen LogP contribution >= 0.6 is 11.8 Å². The molecule has 0 aliphatic rings. The highest BCUT2D eigenvalue weighted by Gasteiger charge is 2.21. The summed E-state index contributed by atoms with van der Waals surface area (Å²) in [7, 11) is 1.63. The first-order valence-corrected chi connectivity index (χ1v) is 11.5. The third kappa shape index (κ3) is 5.64. The smallest absolute Gasteiger partial charge is 0.233 e. The lowest BCUT2D eigenvalue weighted by Gasteiger charge is -2.14. The van der Waals surface area contributed by atoms with Gasteiger partial charge in [0.25, 0.3) is 0 Å². The van der Waals surface area contributed by atoms with E-state index in [1.54, 1.807) is 13.4 Å². The number of rotatable bonds is 9. The summed E-state index contributed by atoms with van der Waals surface area (Å²) < 4.78 is 12.9. The number of furan rings is 1. The number of benzene rings is 2. The molecule has 0 spiro atoms. The number of nitrogens with one attached hydrogen (secondary N) is 1. The second kappa shape index (κ2) is 10.4. The van der Waals surface area contributed by atoms with Gasteiger partial charge in [-0.2, -0.15) is 0 Å². The van der Waals surface area contributed by atoms with Crippen molar-refractivity contribution in [2.75, 3.05) is 7.11 Å². The van der Waals surface area contributed by atoms with Crippen molar-refractivity contribution in [1.29, 1.82) is 0 Å². The van der Waals surface area contributed by atoms with Gasteiger partial charge in [-0.25, -0.2) is 0 Å². The molecule has 2 aromatic heterocycles. The number of ether oxygens (including phenoxy) is 1. The maximum absolute atomic E-state index is 12.8. The zero-order chi connectivity index (χ0) is 23.2. The first-order chi connectivity index (χ1) is 16.0. The Morgan fingerprint density at radius 2 is 1.97 bits per heavy atom. The molecular formula is C25H26N4O3S. The Morgan fingerprint density at radius 1 is 1.15 bits per heavy atom. The van der Waals surface area contributed by atoms with Gasteiger partial charge in [0, 0.05) is 12.1 Å². The third-order valence-corrected chi connectivity index (χ3v) is 6.26. The number of thioether (sulfide) groups is 1. The van der Waals surface area contributed by atoms with Crippen LogP contribution in [0.2, 0.25) is 0 Å². The SMILES string of the molecule is COc1cccc(-c2nnc(SC(C)C(=O)NCc3ccc(C)cc3)n2Cc2ccco2)c1. The van der Waals surface area contributed by atoms with Gasteiger partial charge in [0.1, 0.15) is 11.5 Å². The van der Waals surface area contributed by atoms with Gasteiger partial charge in [-0.1, -0.05) is 53.7 Å². The maximum Gasteiger partial charge on any atom is 0.233 e. The number of hydrogen-bond donors (Lipinski definition) is 1. The molecule has 170 valence electrons. The fourth-order valence-corrected chi connectivity index (χ4v) is 4.18. The van der Waals surface area contributed by atoms with Crippen LogP contribution < -0.4 is 10.1 Å². The van der Waals surface area contributed by atoms with E-state index in [9.17, 15) is 4.79 Å². The number of carbonyl (C=O) groups is 1. The van der Waals surface area contributed by atoms with Crippen LogP contribution in [0.5, 0.6) is 5.75 Å². The molecule has 2 heterocycles. The molecule has 4 aromatic rings. The number of carbonyl (C=O) groups excluding carboxylic acids is 1. The lowest BCUT2D eigenvalue weighted by atomic mass is 10.1. The first-order valence-electron chi connectivity index (χ1n) is 10.6. The van der Waals surface area contributed by atoms with E-state index in [0.29, 0.717) is 24.1 Å². The van der Waals surface area contributed by atoms with Crippen LogP contribution in [0.1, 0.15) is 23.8 Å². The molecule has 4 rings (SSSR count). The molecule has 1 amide bonds. The molecule has 1 atom stereocenters. The van der Waals surface area contributed by atoms with Crippen molar-refractivity contribution in [3.8, 4) is 17.1 Å². The Labute approximate surface area is 197 Å². The predicted octanol–water partition coefficient (Wildman–Crippen LogP) is 4.70. The van der Waals surface area contributed by atoms with Gasteiger partial charge in [0.15, 0.2) is 11.0 Å². The third-order valence-electron chi connectivity index (χ3n) is 5.18. The van der Waals surface area contributed by atoms with Gasteiger partial charge in [-0.05, 0) is 43.7 Å². The zero-order valence-corrected chi connectivity index (χ0v) is 19.6. The summed E-state index contributed by atoms with van der Waals surface area (Å²) in [6.07, 6.45) is 1.64. The van der Waals surface area contributed by atoms with Gasteiger partial charge < -0.3 is 14.5 Å². The molecule has 1 unspecified atom stereocenters. The molecule has 33 heavy (non-hydrogen) atoms. The van der Waals surface area contributed by atoms with Gasteiger partial charge in [0.05, 0.1) is 25.2 Å². The molecule has 1 N–H and O–H groups in total. The van der Waals surface area contributed by atoms with E-state index in [2.05, 4.69) is 15.5 Å². The topological polar surface area (TPSA) is 82.2 Å². The molecule has 0 saturated heterocycles. The summed E-state index contributed by atoms with van der Waals surface area (Å²) in [4.78, 5) is 12.8. The Hall–Kier alpha value is -3.52. The van der Waals surface area contributed by atoms with Crippen LogP contribution in [0.15, 0.2) is 76.5 Å². The number of aromatic nitrogens is 3. The predicted molar refractivity (Wildman–Crippen MR) is 128 cm³/mol. The van der Waals surface area contributed by atoms with Crippen LogP contribution in [0, 0.1) is 6.92 Å². The number of nitrogens with zero attached hydrogens (tertiary/aromatic N) is 3. The van der Waals surface area contributed by atoms with Crippen molar-refractivity contribution in [2.45, 2.75) is 37.3 Å².